The van der Waals surface area contributed by atoms with Crippen LogP contribution < -0.4 is 9.64 Å². The zero-order valence-electron chi connectivity index (χ0n) is 12.7. The summed E-state index contributed by atoms with van der Waals surface area (Å²) in [6.45, 7) is 2.58. The van der Waals surface area contributed by atoms with Crippen molar-refractivity contribution in [3.05, 3.63) is 60.3 Å². The first-order chi connectivity index (χ1) is 10.7. The Hall–Kier alpha value is -2.75. The molecule has 1 heterocycles. The number of aromatic nitrogens is 1. The molecule has 1 aromatic heterocycles. The molecule has 2 aromatic carbocycles. The lowest BCUT2D eigenvalue weighted by atomic mass is 10.2. The fraction of sp³-hybridized carbons (Fsp3) is 0.167. The topological polar surface area (TPSA) is 45.3 Å². The number of nitrogens with zero attached hydrogens (tertiary/aromatic N) is 1. The van der Waals surface area contributed by atoms with E-state index in [0.29, 0.717) is 12.2 Å². The molecule has 0 aliphatic rings. The van der Waals surface area contributed by atoms with E-state index in [9.17, 15) is 4.79 Å². The summed E-state index contributed by atoms with van der Waals surface area (Å²) < 4.78 is 5.21. The lowest BCUT2D eigenvalue weighted by Crippen LogP contribution is -2.30. The molecule has 1 amide bonds. The van der Waals surface area contributed by atoms with E-state index in [2.05, 4.69) is 4.98 Å². The fourth-order valence-corrected chi connectivity index (χ4v) is 2.55. The van der Waals surface area contributed by atoms with Crippen LogP contribution in [-0.2, 0) is 0 Å². The molecule has 0 unspecified atom stereocenters. The Bertz CT molecular complexity index is 793. The van der Waals surface area contributed by atoms with Gasteiger partial charge in [0.2, 0.25) is 0 Å². The summed E-state index contributed by atoms with van der Waals surface area (Å²) in [6, 6.07) is 17.3. The van der Waals surface area contributed by atoms with Gasteiger partial charge in [0, 0.05) is 29.2 Å². The number of H-pyrrole nitrogens is 1. The molecule has 1 N–H and O–H groups in total. The number of benzene rings is 2. The van der Waals surface area contributed by atoms with E-state index in [1.54, 1.807) is 12.0 Å². The smallest absolute Gasteiger partial charge is 0.274 e. The largest absolute Gasteiger partial charge is 0.497 e. The zero-order chi connectivity index (χ0) is 15.5. The van der Waals surface area contributed by atoms with Crippen LogP contribution in [0, 0.1) is 0 Å². The van der Waals surface area contributed by atoms with Crippen LogP contribution >= 0.6 is 0 Å². The average molecular weight is 294 g/mol. The Morgan fingerprint density at radius 2 is 1.91 bits per heavy atom. The minimum absolute atomic E-state index is 0.0381. The molecule has 0 aliphatic carbocycles. The van der Waals surface area contributed by atoms with Gasteiger partial charge in [0.25, 0.3) is 5.91 Å². The SMILES string of the molecule is CCN(C(=O)c1cc2ccc(OC)cc2[nH]1)c1ccccc1. The number of ether oxygens (including phenoxy) is 1. The van der Waals surface area contributed by atoms with Crippen molar-refractivity contribution in [1.82, 2.24) is 4.98 Å². The van der Waals surface area contributed by atoms with Crippen LogP contribution in [0.5, 0.6) is 5.75 Å². The predicted molar refractivity (Wildman–Crippen MR) is 88.6 cm³/mol. The van der Waals surface area contributed by atoms with Crippen molar-refractivity contribution < 1.29 is 9.53 Å². The number of carbonyl (C=O) groups excluding carboxylic acids is 1. The highest BCUT2D eigenvalue weighted by Crippen LogP contribution is 2.23. The van der Waals surface area contributed by atoms with Gasteiger partial charge in [0.15, 0.2) is 0 Å². The molecule has 0 saturated carbocycles. The average Bonchev–Trinajstić information content (AvgIpc) is 2.99. The number of para-hydroxylation sites is 1. The molecular weight excluding hydrogens is 276 g/mol. The van der Waals surface area contributed by atoms with Gasteiger partial charge in [-0.05, 0) is 37.3 Å². The van der Waals surface area contributed by atoms with Gasteiger partial charge >= 0.3 is 0 Å². The number of amides is 1. The molecule has 0 fully saturated rings. The van der Waals surface area contributed by atoms with Gasteiger partial charge in [-0.3, -0.25) is 4.79 Å². The van der Waals surface area contributed by atoms with Crippen molar-refractivity contribution in [3.8, 4) is 5.75 Å². The van der Waals surface area contributed by atoms with Crippen molar-refractivity contribution in [1.29, 1.82) is 0 Å². The molecule has 3 rings (SSSR count). The van der Waals surface area contributed by atoms with Gasteiger partial charge in [-0.2, -0.15) is 0 Å². The van der Waals surface area contributed by atoms with E-state index in [1.165, 1.54) is 0 Å². The van der Waals surface area contributed by atoms with E-state index in [-0.39, 0.29) is 5.91 Å². The van der Waals surface area contributed by atoms with Crippen molar-refractivity contribution in [2.45, 2.75) is 6.92 Å². The maximum atomic E-state index is 12.8. The molecular formula is C18H18N2O2. The van der Waals surface area contributed by atoms with E-state index in [1.807, 2.05) is 61.5 Å². The van der Waals surface area contributed by atoms with Crippen LogP contribution in [0.4, 0.5) is 5.69 Å². The summed E-state index contributed by atoms with van der Waals surface area (Å²) in [6.07, 6.45) is 0. The van der Waals surface area contributed by atoms with Gasteiger partial charge in [0.05, 0.1) is 7.11 Å². The van der Waals surface area contributed by atoms with Crippen molar-refractivity contribution in [2.24, 2.45) is 0 Å². The summed E-state index contributed by atoms with van der Waals surface area (Å²) in [4.78, 5) is 17.7. The van der Waals surface area contributed by atoms with Gasteiger partial charge in [0.1, 0.15) is 11.4 Å². The lowest BCUT2D eigenvalue weighted by molar-refractivity contribution is 0.0984. The number of fused-ring (bicyclic) bond motifs is 1. The highest BCUT2D eigenvalue weighted by Gasteiger charge is 2.18. The van der Waals surface area contributed by atoms with Crippen LogP contribution in [0.1, 0.15) is 17.4 Å². The molecule has 0 saturated heterocycles. The number of anilines is 1. The van der Waals surface area contributed by atoms with E-state index >= 15 is 0 Å². The Labute approximate surface area is 129 Å². The van der Waals surface area contributed by atoms with Gasteiger partial charge in [-0.15, -0.1) is 0 Å². The minimum Gasteiger partial charge on any atom is -0.497 e. The standard InChI is InChI=1S/C18H18N2O2/c1-3-20(14-7-5-4-6-8-14)18(21)17-11-13-9-10-15(22-2)12-16(13)19-17/h4-12,19H,3H2,1-2H3. The Balaban J connectivity index is 1.97. The summed E-state index contributed by atoms with van der Waals surface area (Å²) in [7, 11) is 1.63. The number of hydrogen-bond acceptors (Lipinski definition) is 2. The van der Waals surface area contributed by atoms with Gasteiger partial charge in [-0.25, -0.2) is 0 Å². The first kappa shape index (κ1) is 14.2. The summed E-state index contributed by atoms with van der Waals surface area (Å²) in [5.74, 6) is 0.729. The number of rotatable bonds is 4. The van der Waals surface area contributed by atoms with Crippen LogP contribution in [0.3, 0.4) is 0 Å². The quantitative estimate of drug-likeness (QED) is 0.794. The number of hydrogen-bond donors (Lipinski definition) is 1. The number of nitrogens with one attached hydrogen (secondary N) is 1. The van der Waals surface area contributed by atoms with E-state index in [4.69, 9.17) is 4.74 Å². The molecule has 4 heteroatoms. The monoisotopic (exact) mass is 294 g/mol. The van der Waals surface area contributed by atoms with Crippen molar-refractivity contribution >= 4 is 22.5 Å². The third-order valence-corrected chi connectivity index (χ3v) is 3.69. The second-order valence-corrected chi connectivity index (χ2v) is 5.02. The van der Waals surface area contributed by atoms with Crippen molar-refractivity contribution in [3.63, 3.8) is 0 Å². The molecule has 0 aliphatic heterocycles. The van der Waals surface area contributed by atoms with E-state index in [0.717, 1.165) is 22.3 Å². The van der Waals surface area contributed by atoms with Crippen LogP contribution in [0.25, 0.3) is 10.9 Å². The lowest BCUT2D eigenvalue weighted by Gasteiger charge is -2.20. The molecule has 22 heavy (non-hydrogen) atoms. The second kappa shape index (κ2) is 5.93. The summed E-state index contributed by atoms with van der Waals surface area (Å²) in [5.41, 5.74) is 2.37. The number of carbonyl (C=O) groups is 1. The molecule has 0 bridgehead atoms. The predicted octanol–water partition coefficient (Wildman–Crippen LogP) is 3.84. The molecule has 4 nitrogen and oxygen atoms in total. The minimum atomic E-state index is -0.0381. The molecule has 3 aromatic rings. The molecule has 0 spiro atoms. The Morgan fingerprint density at radius 1 is 1.14 bits per heavy atom. The zero-order valence-corrected chi connectivity index (χ0v) is 12.7. The maximum Gasteiger partial charge on any atom is 0.274 e. The Kier molecular flexibility index (Phi) is 3.83. The third kappa shape index (κ3) is 2.55. The fourth-order valence-electron chi connectivity index (χ4n) is 2.55. The summed E-state index contributed by atoms with van der Waals surface area (Å²) >= 11 is 0. The maximum absolute atomic E-state index is 12.8. The van der Waals surface area contributed by atoms with Crippen LogP contribution in [-0.4, -0.2) is 24.5 Å². The first-order valence-corrected chi connectivity index (χ1v) is 7.26. The number of aromatic amines is 1. The second-order valence-electron chi connectivity index (χ2n) is 5.02. The van der Waals surface area contributed by atoms with E-state index < -0.39 is 0 Å². The first-order valence-electron chi connectivity index (χ1n) is 7.26. The highest BCUT2D eigenvalue weighted by molar-refractivity contribution is 6.07. The number of methoxy groups -OCH3 is 1. The highest BCUT2D eigenvalue weighted by atomic mass is 16.5. The summed E-state index contributed by atoms with van der Waals surface area (Å²) in [5, 5.41) is 0.994. The van der Waals surface area contributed by atoms with Crippen LogP contribution in [0.2, 0.25) is 0 Å². The normalized spacial score (nSPS) is 10.6. The molecule has 0 radical (unpaired) electrons. The van der Waals surface area contributed by atoms with Crippen molar-refractivity contribution in [2.75, 3.05) is 18.6 Å². The van der Waals surface area contributed by atoms with Gasteiger partial charge in [-0.1, -0.05) is 18.2 Å². The van der Waals surface area contributed by atoms with Gasteiger partial charge < -0.3 is 14.6 Å². The Morgan fingerprint density at radius 3 is 2.59 bits per heavy atom. The third-order valence-electron chi connectivity index (χ3n) is 3.69. The molecule has 0 atom stereocenters. The van der Waals surface area contributed by atoms with Crippen LogP contribution in [0.15, 0.2) is 54.6 Å². The molecule has 112 valence electrons.